The Balaban J connectivity index is 1.44. The fourth-order valence-electron chi connectivity index (χ4n) is 4.84. The van der Waals surface area contributed by atoms with Gasteiger partial charge in [-0.2, -0.15) is 0 Å². The van der Waals surface area contributed by atoms with Crippen LogP contribution < -0.4 is 5.32 Å². The summed E-state index contributed by atoms with van der Waals surface area (Å²) in [6.45, 7) is 4.55. The number of furan rings is 1. The Bertz CT molecular complexity index is 1460. The van der Waals surface area contributed by atoms with Gasteiger partial charge in [0.2, 0.25) is 0 Å². The number of ether oxygens (including phenoxy) is 1. The molecule has 4 aromatic rings. The van der Waals surface area contributed by atoms with Crippen LogP contribution in [0.15, 0.2) is 71.1 Å². The maximum atomic E-state index is 13.5. The van der Waals surface area contributed by atoms with Crippen LogP contribution in [-0.2, 0) is 4.74 Å². The first-order valence-electron chi connectivity index (χ1n) is 12.6. The molecule has 2 amide bonds. The molecule has 1 N–H and O–H groups in total. The zero-order valence-electron chi connectivity index (χ0n) is 21.5. The van der Waals surface area contributed by atoms with Crippen molar-refractivity contribution < 1.29 is 23.1 Å². The van der Waals surface area contributed by atoms with Gasteiger partial charge in [0.15, 0.2) is 0 Å². The van der Waals surface area contributed by atoms with Gasteiger partial charge in [-0.05, 0) is 59.7 Å². The smallest absolute Gasteiger partial charge is 0.255 e. The third-order valence-corrected chi connectivity index (χ3v) is 6.96. The summed E-state index contributed by atoms with van der Waals surface area (Å²) >= 11 is 0. The van der Waals surface area contributed by atoms with Crippen LogP contribution in [-0.4, -0.2) is 75.1 Å². The Kier molecular flexibility index (Phi) is 7.53. The molecule has 2 heterocycles. The summed E-state index contributed by atoms with van der Waals surface area (Å²) in [6, 6.07) is 19.0. The van der Waals surface area contributed by atoms with Crippen molar-refractivity contribution in [2.45, 2.75) is 0 Å². The normalized spacial score (nSPS) is 14.1. The Morgan fingerprint density at radius 3 is 2.37 bits per heavy atom. The molecule has 196 valence electrons. The lowest BCUT2D eigenvalue weighted by Gasteiger charge is -2.34. The molecule has 0 atom stereocenters. The van der Waals surface area contributed by atoms with Gasteiger partial charge >= 0.3 is 0 Å². The van der Waals surface area contributed by atoms with E-state index in [9.17, 15) is 14.0 Å². The molecule has 1 saturated heterocycles. The highest BCUT2D eigenvalue weighted by Gasteiger charge is 2.24. The van der Waals surface area contributed by atoms with E-state index in [0.717, 1.165) is 30.8 Å². The molecule has 0 aliphatic carbocycles. The topological polar surface area (TPSA) is 75.0 Å². The lowest BCUT2D eigenvalue weighted by Crippen LogP contribution is -2.49. The zero-order valence-corrected chi connectivity index (χ0v) is 21.5. The number of piperazine rings is 1. The van der Waals surface area contributed by atoms with Crippen molar-refractivity contribution in [2.24, 2.45) is 0 Å². The average Bonchev–Trinajstić information content (AvgIpc) is 3.35. The van der Waals surface area contributed by atoms with Gasteiger partial charge in [-0.25, -0.2) is 4.39 Å². The van der Waals surface area contributed by atoms with E-state index in [4.69, 9.17) is 9.15 Å². The Morgan fingerprint density at radius 1 is 0.947 bits per heavy atom. The number of fused-ring (bicyclic) bond motifs is 1. The minimum Gasteiger partial charge on any atom is -0.455 e. The molecule has 0 bridgehead atoms. The molecular formula is C30H30FN3O4. The Labute approximate surface area is 220 Å². The summed E-state index contributed by atoms with van der Waals surface area (Å²) in [5, 5.41) is 3.32. The summed E-state index contributed by atoms with van der Waals surface area (Å²) in [6.07, 6.45) is 0. The van der Waals surface area contributed by atoms with E-state index in [1.807, 2.05) is 47.4 Å². The third-order valence-electron chi connectivity index (χ3n) is 6.96. The number of benzene rings is 3. The number of amides is 2. The Morgan fingerprint density at radius 2 is 1.66 bits per heavy atom. The van der Waals surface area contributed by atoms with Crippen molar-refractivity contribution in [1.82, 2.24) is 15.1 Å². The molecule has 7 nitrogen and oxygen atoms in total. The van der Waals surface area contributed by atoms with E-state index in [-0.39, 0.29) is 17.6 Å². The van der Waals surface area contributed by atoms with E-state index in [2.05, 4.69) is 10.2 Å². The lowest BCUT2D eigenvalue weighted by molar-refractivity contribution is 0.0594. The first-order chi connectivity index (χ1) is 18.5. The van der Waals surface area contributed by atoms with Gasteiger partial charge in [0.1, 0.15) is 17.2 Å². The number of hydrogen-bond donors (Lipinski definition) is 1. The number of halogens is 1. The highest BCUT2D eigenvalue weighted by Crippen LogP contribution is 2.36. The van der Waals surface area contributed by atoms with Crippen LogP contribution in [0, 0.1) is 5.82 Å². The SMILES string of the molecule is CNC(=O)c1c(-c2ccc(F)cc2)oc2ccc(-c3cccc(C(=O)N4CCN(CCOC)CC4)c3)cc12. The molecule has 1 fully saturated rings. The number of methoxy groups -OCH3 is 1. The van der Waals surface area contributed by atoms with Crippen molar-refractivity contribution in [3.63, 3.8) is 0 Å². The summed E-state index contributed by atoms with van der Waals surface area (Å²) in [4.78, 5) is 30.4. The third kappa shape index (κ3) is 5.18. The van der Waals surface area contributed by atoms with Crippen LogP contribution in [0.1, 0.15) is 20.7 Å². The van der Waals surface area contributed by atoms with Gasteiger partial charge in [-0.15, -0.1) is 0 Å². The molecule has 5 rings (SSSR count). The summed E-state index contributed by atoms with van der Waals surface area (Å²) in [7, 11) is 3.26. The molecule has 8 heteroatoms. The first-order valence-corrected chi connectivity index (χ1v) is 12.6. The summed E-state index contributed by atoms with van der Waals surface area (Å²) in [5.74, 6) is -0.276. The van der Waals surface area contributed by atoms with Crippen LogP contribution in [0.4, 0.5) is 4.39 Å². The molecule has 0 spiro atoms. The number of hydrogen-bond acceptors (Lipinski definition) is 5. The largest absolute Gasteiger partial charge is 0.455 e. The molecule has 1 aliphatic rings. The molecule has 0 unspecified atom stereocenters. The van der Waals surface area contributed by atoms with Gasteiger partial charge in [0.05, 0.1) is 12.2 Å². The molecule has 1 aliphatic heterocycles. The van der Waals surface area contributed by atoms with E-state index in [1.54, 1.807) is 26.3 Å². The molecule has 38 heavy (non-hydrogen) atoms. The van der Waals surface area contributed by atoms with Crippen molar-refractivity contribution >= 4 is 22.8 Å². The highest BCUT2D eigenvalue weighted by atomic mass is 19.1. The fourth-order valence-corrected chi connectivity index (χ4v) is 4.84. The number of rotatable bonds is 7. The Hall–Kier alpha value is -4.01. The number of nitrogens with one attached hydrogen (secondary N) is 1. The highest BCUT2D eigenvalue weighted by molar-refractivity contribution is 6.11. The lowest BCUT2D eigenvalue weighted by atomic mass is 9.98. The van der Waals surface area contributed by atoms with Crippen molar-refractivity contribution in [3.8, 4) is 22.5 Å². The number of carbonyl (C=O) groups excluding carboxylic acids is 2. The minimum absolute atomic E-state index is 0.00674. The molecule has 0 radical (unpaired) electrons. The van der Waals surface area contributed by atoms with Crippen LogP contribution in [0.2, 0.25) is 0 Å². The van der Waals surface area contributed by atoms with E-state index in [1.165, 1.54) is 12.1 Å². The van der Waals surface area contributed by atoms with Crippen LogP contribution in [0.3, 0.4) is 0 Å². The van der Waals surface area contributed by atoms with Crippen molar-refractivity contribution in [3.05, 3.63) is 83.7 Å². The zero-order chi connectivity index (χ0) is 26.6. The second-order valence-corrected chi connectivity index (χ2v) is 9.31. The number of carbonyl (C=O) groups is 2. The molecular weight excluding hydrogens is 485 g/mol. The van der Waals surface area contributed by atoms with Gasteiger partial charge in [-0.3, -0.25) is 14.5 Å². The average molecular weight is 516 g/mol. The monoisotopic (exact) mass is 515 g/mol. The first kappa shape index (κ1) is 25.6. The predicted octanol–water partition coefficient (Wildman–Crippen LogP) is 4.67. The maximum Gasteiger partial charge on any atom is 0.255 e. The second-order valence-electron chi connectivity index (χ2n) is 9.31. The second kappa shape index (κ2) is 11.2. The maximum absolute atomic E-state index is 13.5. The molecule has 3 aromatic carbocycles. The van der Waals surface area contributed by atoms with Crippen molar-refractivity contribution in [2.75, 3.05) is 53.5 Å². The van der Waals surface area contributed by atoms with E-state index >= 15 is 0 Å². The standard InChI is InChI=1S/C30H30FN3O4/c1-32-29(35)27-25-19-22(8-11-26(25)38-28(27)20-6-9-24(31)10-7-20)21-4-3-5-23(18-21)30(36)34-14-12-33(13-15-34)16-17-37-2/h3-11,18-19H,12-17H2,1-2H3,(H,32,35). The van der Waals surface area contributed by atoms with Gasteiger partial charge in [0.25, 0.3) is 11.8 Å². The van der Waals surface area contributed by atoms with E-state index < -0.39 is 0 Å². The van der Waals surface area contributed by atoms with E-state index in [0.29, 0.717) is 53.1 Å². The minimum atomic E-state index is -0.365. The quantitative estimate of drug-likeness (QED) is 0.387. The summed E-state index contributed by atoms with van der Waals surface area (Å²) < 4.78 is 24.7. The molecule has 0 saturated carbocycles. The molecule has 1 aromatic heterocycles. The van der Waals surface area contributed by atoms with Crippen LogP contribution in [0.25, 0.3) is 33.4 Å². The predicted molar refractivity (Wildman–Crippen MR) is 145 cm³/mol. The van der Waals surface area contributed by atoms with Gasteiger partial charge < -0.3 is 19.4 Å². The number of nitrogens with zero attached hydrogens (tertiary/aromatic N) is 2. The fraction of sp³-hybridized carbons (Fsp3) is 0.267. The van der Waals surface area contributed by atoms with Crippen molar-refractivity contribution in [1.29, 1.82) is 0 Å². The van der Waals surface area contributed by atoms with Crippen LogP contribution >= 0.6 is 0 Å². The van der Waals surface area contributed by atoms with Crippen LogP contribution in [0.5, 0.6) is 0 Å². The van der Waals surface area contributed by atoms with Gasteiger partial charge in [0, 0.05) is 63.4 Å². The summed E-state index contributed by atoms with van der Waals surface area (Å²) in [5.41, 5.74) is 3.88. The van der Waals surface area contributed by atoms with Gasteiger partial charge in [-0.1, -0.05) is 18.2 Å².